The molecule has 1 aliphatic heterocycles. The average Bonchev–Trinajstić information content (AvgIpc) is 2.32. The first-order valence-corrected chi connectivity index (χ1v) is 7.55. The molecular formula is C13H14BrCl2NO. The van der Waals surface area contributed by atoms with E-state index in [-0.39, 0.29) is 5.91 Å². The van der Waals surface area contributed by atoms with Gasteiger partial charge in [0.05, 0.1) is 15.6 Å². The van der Waals surface area contributed by atoms with Crippen molar-refractivity contribution in [3.63, 3.8) is 0 Å². The molecule has 2 nitrogen and oxygen atoms in total. The summed E-state index contributed by atoms with van der Waals surface area (Å²) in [4.78, 5) is 14.6. The highest BCUT2D eigenvalue weighted by molar-refractivity contribution is 9.09. The zero-order chi connectivity index (χ0) is 13.3. The third-order valence-electron chi connectivity index (χ3n) is 3.33. The lowest BCUT2D eigenvalue weighted by atomic mass is 9.98. The SMILES string of the molecule is CC1CCN(C(=O)c2c(Cl)cccc2Cl)CC1Br. The van der Waals surface area contributed by atoms with Crippen LogP contribution in [-0.4, -0.2) is 28.7 Å². The summed E-state index contributed by atoms with van der Waals surface area (Å²) in [5.41, 5.74) is 0.412. The van der Waals surface area contributed by atoms with Crippen molar-refractivity contribution < 1.29 is 4.79 Å². The van der Waals surface area contributed by atoms with Gasteiger partial charge in [0.15, 0.2) is 0 Å². The van der Waals surface area contributed by atoms with Crippen molar-refractivity contribution in [3.8, 4) is 0 Å². The number of carbonyl (C=O) groups is 1. The highest BCUT2D eigenvalue weighted by Gasteiger charge is 2.29. The van der Waals surface area contributed by atoms with Gasteiger partial charge in [0, 0.05) is 17.9 Å². The maximum atomic E-state index is 12.4. The zero-order valence-corrected chi connectivity index (χ0v) is 13.1. The Morgan fingerprint density at radius 2 is 2.00 bits per heavy atom. The van der Waals surface area contributed by atoms with Crippen LogP contribution in [0.3, 0.4) is 0 Å². The van der Waals surface area contributed by atoms with Crippen molar-refractivity contribution >= 4 is 45.0 Å². The normalized spacial score (nSPS) is 24.1. The number of benzene rings is 1. The second-order valence-corrected chi connectivity index (χ2v) is 6.62. The Labute approximate surface area is 125 Å². The van der Waals surface area contributed by atoms with Crippen LogP contribution in [0.5, 0.6) is 0 Å². The van der Waals surface area contributed by atoms with Gasteiger partial charge in [-0.05, 0) is 24.5 Å². The minimum atomic E-state index is -0.0815. The predicted molar refractivity (Wildman–Crippen MR) is 78.9 cm³/mol. The molecule has 98 valence electrons. The fourth-order valence-electron chi connectivity index (χ4n) is 2.07. The lowest BCUT2D eigenvalue weighted by molar-refractivity contribution is 0.0706. The Bertz CT molecular complexity index is 446. The largest absolute Gasteiger partial charge is 0.337 e. The summed E-state index contributed by atoms with van der Waals surface area (Å²) in [6, 6.07) is 5.13. The number of alkyl halides is 1. The van der Waals surface area contributed by atoms with E-state index >= 15 is 0 Å². The molecule has 0 radical (unpaired) electrons. The number of amides is 1. The third-order valence-corrected chi connectivity index (χ3v) is 5.15. The Kier molecular flexibility index (Phi) is 4.57. The van der Waals surface area contributed by atoms with Gasteiger partial charge in [0.1, 0.15) is 0 Å². The monoisotopic (exact) mass is 349 g/mol. The molecule has 1 amide bonds. The number of halogens is 3. The summed E-state index contributed by atoms with van der Waals surface area (Å²) in [6.45, 7) is 3.63. The molecule has 0 N–H and O–H groups in total. The van der Waals surface area contributed by atoms with Gasteiger partial charge in [-0.1, -0.05) is 52.1 Å². The molecule has 2 unspecified atom stereocenters. The summed E-state index contributed by atoms with van der Waals surface area (Å²) < 4.78 is 0. The van der Waals surface area contributed by atoms with Gasteiger partial charge in [-0.15, -0.1) is 0 Å². The molecule has 1 saturated heterocycles. The lowest BCUT2D eigenvalue weighted by Crippen LogP contribution is -2.43. The average molecular weight is 351 g/mol. The number of hydrogen-bond acceptors (Lipinski definition) is 1. The van der Waals surface area contributed by atoms with Crippen LogP contribution in [0.2, 0.25) is 10.0 Å². The molecule has 1 aromatic rings. The van der Waals surface area contributed by atoms with Gasteiger partial charge in [-0.3, -0.25) is 4.79 Å². The molecule has 18 heavy (non-hydrogen) atoms. The van der Waals surface area contributed by atoms with Gasteiger partial charge in [0.25, 0.3) is 5.91 Å². The van der Waals surface area contributed by atoms with E-state index in [0.717, 1.165) is 13.0 Å². The maximum Gasteiger partial charge on any atom is 0.256 e. The van der Waals surface area contributed by atoms with Gasteiger partial charge in [-0.25, -0.2) is 0 Å². The smallest absolute Gasteiger partial charge is 0.256 e. The Hall–Kier alpha value is -0.250. The summed E-state index contributed by atoms with van der Waals surface area (Å²) in [5.74, 6) is 0.498. The minimum Gasteiger partial charge on any atom is -0.337 e. The molecule has 0 spiro atoms. The minimum absolute atomic E-state index is 0.0815. The fraction of sp³-hybridized carbons (Fsp3) is 0.462. The van der Waals surface area contributed by atoms with Crippen molar-refractivity contribution in [1.82, 2.24) is 4.90 Å². The predicted octanol–water partition coefficient (Wildman–Crippen LogP) is 4.24. The standard InChI is InChI=1S/C13H14BrCl2NO/c1-8-5-6-17(7-9(8)14)13(18)12-10(15)3-2-4-11(12)16/h2-4,8-9H,5-7H2,1H3. The molecule has 0 saturated carbocycles. The number of nitrogens with zero attached hydrogens (tertiary/aromatic N) is 1. The first kappa shape index (κ1) is 14.2. The van der Waals surface area contributed by atoms with Crippen LogP contribution in [-0.2, 0) is 0 Å². The first-order chi connectivity index (χ1) is 8.50. The Morgan fingerprint density at radius 1 is 1.39 bits per heavy atom. The van der Waals surface area contributed by atoms with E-state index in [9.17, 15) is 4.79 Å². The second kappa shape index (κ2) is 5.81. The molecule has 2 rings (SSSR count). The maximum absolute atomic E-state index is 12.4. The Morgan fingerprint density at radius 3 is 2.56 bits per heavy atom. The molecule has 2 atom stereocenters. The Balaban J connectivity index is 2.22. The molecule has 0 bridgehead atoms. The van der Waals surface area contributed by atoms with Gasteiger partial charge in [0.2, 0.25) is 0 Å². The van der Waals surface area contributed by atoms with Crippen molar-refractivity contribution in [1.29, 1.82) is 0 Å². The van der Waals surface area contributed by atoms with E-state index in [1.807, 2.05) is 4.90 Å². The highest BCUT2D eigenvalue weighted by atomic mass is 79.9. The molecule has 1 aromatic carbocycles. The van der Waals surface area contributed by atoms with E-state index in [1.54, 1.807) is 18.2 Å². The summed E-state index contributed by atoms with van der Waals surface area (Å²) in [6.07, 6.45) is 0.990. The quantitative estimate of drug-likeness (QED) is 0.694. The molecular weight excluding hydrogens is 337 g/mol. The molecule has 1 aliphatic rings. The van der Waals surface area contributed by atoms with E-state index in [0.29, 0.717) is 32.9 Å². The molecule has 1 heterocycles. The van der Waals surface area contributed by atoms with E-state index in [2.05, 4.69) is 22.9 Å². The van der Waals surface area contributed by atoms with Crippen molar-refractivity contribution in [2.75, 3.05) is 13.1 Å². The first-order valence-electron chi connectivity index (χ1n) is 5.88. The summed E-state index contributed by atoms with van der Waals surface area (Å²) in [5, 5.41) is 0.828. The van der Waals surface area contributed by atoms with Crippen LogP contribution in [0.15, 0.2) is 18.2 Å². The fourth-order valence-corrected chi connectivity index (χ4v) is 3.24. The second-order valence-electron chi connectivity index (χ2n) is 4.63. The van der Waals surface area contributed by atoms with Crippen LogP contribution in [0.4, 0.5) is 0 Å². The summed E-state index contributed by atoms with van der Waals surface area (Å²) >= 11 is 15.7. The van der Waals surface area contributed by atoms with Crippen LogP contribution in [0.25, 0.3) is 0 Å². The van der Waals surface area contributed by atoms with E-state index in [1.165, 1.54) is 0 Å². The van der Waals surface area contributed by atoms with Crippen LogP contribution < -0.4 is 0 Å². The van der Waals surface area contributed by atoms with Gasteiger partial charge < -0.3 is 4.90 Å². The van der Waals surface area contributed by atoms with Crippen molar-refractivity contribution in [3.05, 3.63) is 33.8 Å². The number of carbonyl (C=O) groups excluding carboxylic acids is 1. The lowest BCUT2D eigenvalue weighted by Gasteiger charge is -2.34. The molecule has 0 aliphatic carbocycles. The van der Waals surface area contributed by atoms with E-state index in [4.69, 9.17) is 23.2 Å². The van der Waals surface area contributed by atoms with Crippen molar-refractivity contribution in [2.45, 2.75) is 18.2 Å². The molecule has 0 aromatic heterocycles. The number of hydrogen-bond donors (Lipinski definition) is 0. The van der Waals surface area contributed by atoms with Gasteiger partial charge in [-0.2, -0.15) is 0 Å². The number of likely N-dealkylation sites (tertiary alicyclic amines) is 1. The third kappa shape index (κ3) is 2.84. The van der Waals surface area contributed by atoms with Gasteiger partial charge >= 0.3 is 0 Å². The zero-order valence-electron chi connectivity index (χ0n) is 10.00. The molecule has 5 heteroatoms. The van der Waals surface area contributed by atoms with Crippen LogP contribution >= 0.6 is 39.1 Å². The van der Waals surface area contributed by atoms with E-state index < -0.39 is 0 Å². The number of rotatable bonds is 1. The topological polar surface area (TPSA) is 20.3 Å². The summed E-state index contributed by atoms with van der Waals surface area (Å²) in [7, 11) is 0. The highest BCUT2D eigenvalue weighted by Crippen LogP contribution is 2.29. The van der Waals surface area contributed by atoms with Crippen LogP contribution in [0, 0.1) is 5.92 Å². The number of piperidine rings is 1. The van der Waals surface area contributed by atoms with Crippen LogP contribution in [0.1, 0.15) is 23.7 Å². The molecule has 1 fully saturated rings. The van der Waals surface area contributed by atoms with Crippen molar-refractivity contribution in [2.24, 2.45) is 5.92 Å².